The van der Waals surface area contributed by atoms with E-state index in [1.165, 1.54) is 58.4 Å². The standard InChI is InChI=1S/C15H31N3/c1-4-7-15(2,12-16-3)13-17-9-10-18-8-5-6-14(18)11-17/h14,16H,4-13H2,1-3H3. The summed E-state index contributed by atoms with van der Waals surface area (Å²) in [4.78, 5) is 5.42. The molecule has 2 heterocycles. The fraction of sp³-hybridized carbons (Fsp3) is 1.00. The van der Waals surface area contributed by atoms with E-state index in [1.54, 1.807) is 0 Å². The molecule has 0 aromatic heterocycles. The van der Waals surface area contributed by atoms with Crippen molar-refractivity contribution >= 4 is 0 Å². The van der Waals surface area contributed by atoms with Crippen molar-refractivity contribution in [2.75, 3.05) is 46.3 Å². The van der Waals surface area contributed by atoms with Crippen LogP contribution < -0.4 is 5.32 Å². The first-order valence-electron chi connectivity index (χ1n) is 7.78. The first-order valence-corrected chi connectivity index (χ1v) is 7.78. The maximum atomic E-state index is 3.39. The van der Waals surface area contributed by atoms with Crippen molar-refractivity contribution in [1.29, 1.82) is 0 Å². The van der Waals surface area contributed by atoms with Gasteiger partial charge in [0.15, 0.2) is 0 Å². The van der Waals surface area contributed by atoms with E-state index >= 15 is 0 Å². The van der Waals surface area contributed by atoms with Gasteiger partial charge in [0.1, 0.15) is 0 Å². The third-order valence-electron chi connectivity index (χ3n) is 4.73. The van der Waals surface area contributed by atoms with Gasteiger partial charge in [0.2, 0.25) is 0 Å². The van der Waals surface area contributed by atoms with Crippen molar-refractivity contribution in [2.24, 2.45) is 5.41 Å². The fourth-order valence-corrected chi connectivity index (χ4v) is 3.99. The van der Waals surface area contributed by atoms with Gasteiger partial charge in [-0.2, -0.15) is 0 Å². The van der Waals surface area contributed by atoms with Gasteiger partial charge in [-0.05, 0) is 38.3 Å². The molecule has 106 valence electrons. The third-order valence-corrected chi connectivity index (χ3v) is 4.73. The van der Waals surface area contributed by atoms with Crippen LogP contribution in [0.1, 0.15) is 39.5 Å². The molecule has 0 spiro atoms. The van der Waals surface area contributed by atoms with Crippen LogP contribution in [0.2, 0.25) is 0 Å². The van der Waals surface area contributed by atoms with E-state index in [2.05, 4.69) is 36.0 Å². The van der Waals surface area contributed by atoms with Crippen molar-refractivity contribution < 1.29 is 0 Å². The Kier molecular flexibility index (Phi) is 5.05. The quantitative estimate of drug-likeness (QED) is 0.778. The van der Waals surface area contributed by atoms with Gasteiger partial charge in [-0.3, -0.25) is 9.80 Å². The molecule has 0 radical (unpaired) electrons. The van der Waals surface area contributed by atoms with Gasteiger partial charge in [0, 0.05) is 38.8 Å². The Balaban J connectivity index is 1.87. The minimum Gasteiger partial charge on any atom is -0.319 e. The average Bonchev–Trinajstić information content (AvgIpc) is 2.76. The largest absolute Gasteiger partial charge is 0.319 e. The highest BCUT2D eigenvalue weighted by molar-refractivity contribution is 4.89. The Morgan fingerprint density at radius 1 is 1.28 bits per heavy atom. The molecule has 0 saturated carbocycles. The van der Waals surface area contributed by atoms with Gasteiger partial charge in [-0.15, -0.1) is 0 Å². The number of piperazine rings is 1. The van der Waals surface area contributed by atoms with E-state index < -0.39 is 0 Å². The molecule has 0 amide bonds. The van der Waals surface area contributed by atoms with Crippen molar-refractivity contribution in [1.82, 2.24) is 15.1 Å². The summed E-state index contributed by atoms with van der Waals surface area (Å²) in [5.41, 5.74) is 0.449. The predicted molar refractivity (Wildman–Crippen MR) is 78.0 cm³/mol. The summed E-state index contributed by atoms with van der Waals surface area (Å²) >= 11 is 0. The zero-order valence-corrected chi connectivity index (χ0v) is 12.5. The highest BCUT2D eigenvalue weighted by atomic mass is 15.3. The van der Waals surface area contributed by atoms with E-state index in [-0.39, 0.29) is 0 Å². The number of hydrogen-bond donors (Lipinski definition) is 1. The van der Waals surface area contributed by atoms with Crippen LogP contribution in [0.4, 0.5) is 0 Å². The Labute approximate surface area is 113 Å². The van der Waals surface area contributed by atoms with Crippen LogP contribution in [-0.4, -0.2) is 62.2 Å². The van der Waals surface area contributed by atoms with E-state index in [0.717, 1.165) is 12.6 Å². The fourth-order valence-electron chi connectivity index (χ4n) is 3.99. The molecule has 2 rings (SSSR count). The third kappa shape index (κ3) is 3.46. The summed E-state index contributed by atoms with van der Waals surface area (Å²) in [5.74, 6) is 0. The first-order chi connectivity index (χ1) is 8.67. The molecular formula is C15H31N3. The summed E-state index contributed by atoms with van der Waals surface area (Å²) in [7, 11) is 2.09. The van der Waals surface area contributed by atoms with Crippen LogP contribution in [0, 0.1) is 5.41 Å². The van der Waals surface area contributed by atoms with Gasteiger partial charge in [0.05, 0.1) is 0 Å². The number of fused-ring (bicyclic) bond motifs is 1. The molecule has 0 aromatic rings. The molecule has 2 aliphatic heterocycles. The van der Waals surface area contributed by atoms with Crippen LogP contribution in [0.3, 0.4) is 0 Å². The van der Waals surface area contributed by atoms with Crippen LogP contribution in [-0.2, 0) is 0 Å². The molecule has 18 heavy (non-hydrogen) atoms. The molecule has 2 unspecified atom stereocenters. The van der Waals surface area contributed by atoms with Crippen molar-refractivity contribution in [3.63, 3.8) is 0 Å². The van der Waals surface area contributed by atoms with Crippen molar-refractivity contribution in [3.05, 3.63) is 0 Å². The highest BCUT2D eigenvalue weighted by Gasteiger charge is 2.33. The second-order valence-corrected chi connectivity index (χ2v) is 6.66. The lowest BCUT2D eigenvalue weighted by molar-refractivity contribution is 0.0663. The lowest BCUT2D eigenvalue weighted by Gasteiger charge is -2.42. The van der Waals surface area contributed by atoms with E-state index in [9.17, 15) is 0 Å². The smallest absolute Gasteiger partial charge is 0.0224 e. The van der Waals surface area contributed by atoms with Gasteiger partial charge in [-0.1, -0.05) is 20.3 Å². The lowest BCUT2D eigenvalue weighted by Crippen LogP contribution is -2.53. The average molecular weight is 253 g/mol. The summed E-state index contributed by atoms with van der Waals surface area (Å²) in [6.45, 7) is 12.4. The predicted octanol–water partition coefficient (Wildman–Crippen LogP) is 1.79. The Morgan fingerprint density at radius 3 is 2.83 bits per heavy atom. The Morgan fingerprint density at radius 2 is 2.11 bits per heavy atom. The monoisotopic (exact) mass is 253 g/mol. The van der Waals surface area contributed by atoms with Gasteiger partial charge < -0.3 is 5.32 Å². The van der Waals surface area contributed by atoms with E-state index in [0.29, 0.717) is 5.41 Å². The van der Waals surface area contributed by atoms with Crippen molar-refractivity contribution in [2.45, 2.75) is 45.6 Å². The minimum absolute atomic E-state index is 0.449. The number of hydrogen-bond acceptors (Lipinski definition) is 3. The molecule has 3 heteroatoms. The first kappa shape index (κ1) is 14.3. The number of nitrogens with zero attached hydrogens (tertiary/aromatic N) is 2. The minimum atomic E-state index is 0.449. The summed E-state index contributed by atoms with van der Waals surface area (Å²) in [5, 5.41) is 3.39. The van der Waals surface area contributed by atoms with Crippen LogP contribution in [0.5, 0.6) is 0 Å². The molecule has 2 saturated heterocycles. The molecular weight excluding hydrogens is 222 g/mol. The molecule has 0 aliphatic carbocycles. The van der Waals surface area contributed by atoms with Crippen molar-refractivity contribution in [3.8, 4) is 0 Å². The molecule has 0 bridgehead atoms. The SMILES string of the molecule is CCCC(C)(CNC)CN1CCN2CCCC2C1. The van der Waals surface area contributed by atoms with Gasteiger partial charge >= 0.3 is 0 Å². The van der Waals surface area contributed by atoms with Crippen LogP contribution >= 0.6 is 0 Å². The van der Waals surface area contributed by atoms with Crippen LogP contribution in [0.25, 0.3) is 0 Å². The zero-order chi connectivity index (χ0) is 13.0. The lowest BCUT2D eigenvalue weighted by atomic mass is 9.84. The zero-order valence-electron chi connectivity index (χ0n) is 12.5. The van der Waals surface area contributed by atoms with Gasteiger partial charge in [-0.25, -0.2) is 0 Å². The molecule has 0 aromatic carbocycles. The summed E-state index contributed by atoms with van der Waals surface area (Å²) in [6.07, 6.45) is 5.47. The molecule has 3 nitrogen and oxygen atoms in total. The molecule has 2 atom stereocenters. The maximum absolute atomic E-state index is 3.39. The Bertz CT molecular complexity index is 248. The van der Waals surface area contributed by atoms with Gasteiger partial charge in [0.25, 0.3) is 0 Å². The maximum Gasteiger partial charge on any atom is 0.0224 e. The second-order valence-electron chi connectivity index (χ2n) is 6.66. The van der Waals surface area contributed by atoms with E-state index in [1.807, 2.05) is 0 Å². The van der Waals surface area contributed by atoms with E-state index in [4.69, 9.17) is 0 Å². The number of nitrogens with one attached hydrogen (secondary N) is 1. The normalized spacial score (nSPS) is 29.2. The molecule has 2 fully saturated rings. The number of rotatable bonds is 6. The highest BCUT2D eigenvalue weighted by Crippen LogP contribution is 2.27. The molecule has 1 N–H and O–H groups in total. The second kappa shape index (κ2) is 6.36. The topological polar surface area (TPSA) is 18.5 Å². The Hall–Kier alpha value is -0.120. The van der Waals surface area contributed by atoms with Crippen LogP contribution in [0.15, 0.2) is 0 Å². The summed E-state index contributed by atoms with van der Waals surface area (Å²) < 4.78 is 0. The molecule has 2 aliphatic rings. The summed E-state index contributed by atoms with van der Waals surface area (Å²) in [6, 6.07) is 0.860.